The molecule has 0 bridgehead atoms. The number of hydrogen-bond acceptors (Lipinski definition) is 2. The molecule has 98 valence electrons. The van der Waals surface area contributed by atoms with Crippen molar-refractivity contribution < 1.29 is 18.0 Å². The first kappa shape index (κ1) is 14.2. The van der Waals surface area contributed by atoms with Crippen LogP contribution in [-0.2, 0) is 4.79 Å². The van der Waals surface area contributed by atoms with Crippen LogP contribution in [0.5, 0.6) is 0 Å². The Morgan fingerprint density at radius 1 is 1.53 bits per heavy atom. The molecule has 0 radical (unpaired) electrons. The van der Waals surface area contributed by atoms with E-state index in [0.29, 0.717) is 12.8 Å². The first-order chi connectivity index (χ1) is 7.67. The fourth-order valence-electron chi connectivity index (χ4n) is 1.88. The van der Waals surface area contributed by atoms with Crippen molar-refractivity contribution in [3.63, 3.8) is 0 Å². The molecule has 1 fully saturated rings. The molecule has 1 saturated carbocycles. The van der Waals surface area contributed by atoms with Crippen molar-refractivity contribution in [3.8, 4) is 0 Å². The standard InChI is InChI=1S/C10H15F3N2OS/c1-6(5-10(11,12)13)15-8(16)9(7(14)17)3-2-4-9/h6H,2-5H2,1H3,(H2,14,17)(H,15,16). The highest BCUT2D eigenvalue weighted by molar-refractivity contribution is 7.80. The first-order valence-electron chi connectivity index (χ1n) is 5.35. The van der Waals surface area contributed by atoms with Crippen LogP contribution in [0.2, 0.25) is 0 Å². The normalized spacial score (nSPS) is 20.2. The number of thiocarbonyl (C=S) groups is 1. The van der Waals surface area contributed by atoms with E-state index in [0.717, 1.165) is 6.42 Å². The minimum absolute atomic E-state index is 0.0699. The summed E-state index contributed by atoms with van der Waals surface area (Å²) in [6.45, 7) is 1.32. The molecular weight excluding hydrogens is 253 g/mol. The van der Waals surface area contributed by atoms with Crippen molar-refractivity contribution >= 4 is 23.1 Å². The van der Waals surface area contributed by atoms with E-state index in [1.165, 1.54) is 6.92 Å². The third-order valence-electron chi connectivity index (χ3n) is 3.03. The van der Waals surface area contributed by atoms with E-state index >= 15 is 0 Å². The number of rotatable bonds is 4. The molecule has 0 aromatic rings. The molecule has 1 amide bonds. The van der Waals surface area contributed by atoms with Gasteiger partial charge in [0.2, 0.25) is 5.91 Å². The van der Waals surface area contributed by atoms with E-state index in [4.69, 9.17) is 18.0 Å². The van der Waals surface area contributed by atoms with Gasteiger partial charge in [0.05, 0.1) is 16.8 Å². The Labute approximate surface area is 103 Å². The molecule has 1 unspecified atom stereocenters. The van der Waals surface area contributed by atoms with Gasteiger partial charge in [0, 0.05) is 6.04 Å². The van der Waals surface area contributed by atoms with Gasteiger partial charge >= 0.3 is 6.18 Å². The Balaban J connectivity index is 2.57. The predicted octanol–water partition coefficient (Wildman–Crippen LogP) is 1.90. The van der Waals surface area contributed by atoms with Gasteiger partial charge in [-0.25, -0.2) is 0 Å². The van der Waals surface area contributed by atoms with E-state index < -0.39 is 30.0 Å². The minimum Gasteiger partial charge on any atom is -0.392 e. The molecule has 0 spiro atoms. The van der Waals surface area contributed by atoms with E-state index in [9.17, 15) is 18.0 Å². The summed E-state index contributed by atoms with van der Waals surface area (Å²) in [5.41, 5.74) is 4.56. The highest BCUT2D eigenvalue weighted by Gasteiger charge is 2.47. The van der Waals surface area contributed by atoms with Crippen LogP contribution in [0.15, 0.2) is 0 Å². The van der Waals surface area contributed by atoms with Gasteiger partial charge in [0.25, 0.3) is 0 Å². The van der Waals surface area contributed by atoms with Crippen molar-refractivity contribution in [3.05, 3.63) is 0 Å². The van der Waals surface area contributed by atoms with Gasteiger partial charge in [0.1, 0.15) is 0 Å². The topological polar surface area (TPSA) is 55.1 Å². The van der Waals surface area contributed by atoms with Crippen LogP contribution < -0.4 is 11.1 Å². The SMILES string of the molecule is CC(CC(F)(F)F)NC(=O)C1(C(N)=S)CCC1. The Morgan fingerprint density at radius 2 is 2.06 bits per heavy atom. The molecule has 17 heavy (non-hydrogen) atoms. The third-order valence-corrected chi connectivity index (χ3v) is 3.42. The summed E-state index contributed by atoms with van der Waals surface area (Å²) < 4.78 is 36.3. The summed E-state index contributed by atoms with van der Waals surface area (Å²) in [6, 6.07) is -0.964. The van der Waals surface area contributed by atoms with Crippen molar-refractivity contribution in [1.82, 2.24) is 5.32 Å². The Bertz CT molecular complexity index is 326. The Kier molecular flexibility index (Phi) is 4.01. The fourth-order valence-corrected chi connectivity index (χ4v) is 2.17. The molecule has 0 aromatic carbocycles. The second-order valence-corrected chi connectivity index (χ2v) is 4.93. The molecule has 1 rings (SSSR count). The van der Waals surface area contributed by atoms with Crippen molar-refractivity contribution in [1.29, 1.82) is 0 Å². The maximum absolute atomic E-state index is 12.1. The van der Waals surface area contributed by atoms with Gasteiger partial charge in [-0.3, -0.25) is 4.79 Å². The number of nitrogens with one attached hydrogen (secondary N) is 1. The molecular formula is C10H15F3N2OS. The molecule has 0 heterocycles. The van der Waals surface area contributed by atoms with Crippen molar-refractivity contribution in [2.45, 2.75) is 44.8 Å². The molecule has 1 atom stereocenters. The lowest BCUT2D eigenvalue weighted by atomic mass is 9.68. The number of nitrogens with two attached hydrogens (primary N) is 1. The van der Waals surface area contributed by atoms with Crippen LogP contribution in [0.1, 0.15) is 32.6 Å². The second-order valence-electron chi connectivity index (χ2n) is 4.49. The van der Waals surface area contributed by atoms with E-state index in [2.05, 4.69) is 5.32 Å². The lowest BCUT2D eigenvalue weighted by molar-refractivity contribution is -0.144. The average molecular weight is 268 g/mol. The smallest absolute Gasteiger partial charge is 0.391 e. The monoisotopic (exact) mass is 268 g/mol. The number of carbonyl (C=O) groups excluding carboxylic acids is 1. The highest BCUT2D eigenvalue weighted by Crippen LogP contribution is 2.41. The van der Waals surface area contributed by atoms with Crippen LogP contribution in [0.4, 0.5) is 13.2 Å². The molecule has 3 N–H and O–H groups in total. The van der Waals surface area contributed by atoms with Crippen molar-refractivity contribution in [2.24, 2.45) is 11.1 Å². The zero-order chi connectivity index (χ0) is 13.3. The zero-order valence-corrected chi connectivity index (χ0v) is 10.3. The summed E-state index contributed by atoms with van der Waals surface area (Å²) in [6.07, 6.45) is -3.48. The van der Waals surface area contributed by atoms with Gasteiger partial charge in [-0.1, -0.05) is 18.6 Å². The molecule has 0 aromatic heterocycles. The molecule has 0 aliphatic heterocycles. The van der Waals surface area contributed by atoms with Gasteiger partial charge in [-0.2, -0.15) is 13.2 Å². The van der Waals surface area contributed by atoms with E-state index in [1.54, 1.807) is 0 Å². The largest absolute Gasteiger partial charge is 0.392 e. The number of alkyl halides is 3. The highest BCUT2D eigenvalue weighted by atomic mass is 32.1. The molecule has 3 nitrogen and oxygen atoms in total. The summed E-state index contributed by atoms with van der Waals surface area (Å²) in [7, 11) is 0. The molecule has 1 aliphatic carbocycles. The first-order valence-corrected chi connectivity index (χ1v) is 5.76. The van der Waals surface area contributed by atoms with Crippen LogP contribution >= 0.6 is 12.2 Å². The number of amides is 1. The molecule has 1 aliphatic rings. The second kappa shape index (κ2) is 4.80. The minimum atomic E-state index is -4.29. The Morgan fingerprint density at radius 3 is 2.35 bits per heavy atom. The Hall–Kier alpha value is -0.850. The van der Waals surface area contributed by atoms with Crippen LogP contribution in [-0.4, -0.2) is 23.1 Å². The van der Waals surface area contributed by atoms with Gasteiger partial charge in [0.15, 0.2) is 0 Å². The zero-order valence-electron chi connectivity index (χ0n) is 9.43. The van der Waals surface area contributed by atoms with Gasteiger partial charge in [-0.15, -0.1) is 0 Å². The van der Waals surface area contributed by atoms with E-state index in [-0.39, 0.29) is 4.99 Å². The maximum Gasteiger partial charge on any atom is 0.391 e. The molecule has 0 saturated heterocycles. The van der Waals surface area contributed by atoms with Crippen molar-refractivity contribution in [2.75, 3.05) is 0 Å². The summed E-state index contributed by atoms with van der Waals surface area (Å²) in [4.78, 5) is 11.9. The number of hydrogen-bond donors (Lipinski definition) is 2. The average Bonchev–Trinajstić information content (AvgIpc) is 1.94. The quantitative estimate of drug-likeness (QED) is 0.766. The lowest BCUT2D eigenvalue weighted by Crippen LogP contribution is -2.55. The van der Waals surface area contributed by atoms with Crippen LogP contribution in [0, 0.1) is 5.41 Å². The summed E-state index contributed by atoms with van der Waals surface area (Å²) in [5.74, 6) is -0.479. The number of halogens is 3. The molecule has 7 heteroatoms. The predicted molar refractivity (Wildman–Crippen MR) is 61.3 cm³/mol. The third kappa shape index (κ3) is 3.31. The lowest BCUT2D eigenvalue weighted by Gasteiger charge is -2.39. The van der Waals surface area contributed by atoms with Crippen LogP contribution in [0.3, 0.4) is 0 Å². The summed E-state index contributed by atoms with van der Waals surface area (Å²) >= 11 is 4.81. The van der Waals surface area contributed by atoms with Crippen LogP contribution in [0.25, 0.3) is 0 Å². The number of carbonyl (C=O) groups is 1. The fraction of sp³-hybridized carbons (Fsp3) is 0.800. The summed E-state index contributed by atoms with van der Waals surface area (Å²) in [5, 5.41) is 2.33. The van der Waals surface area contributed by atoms with E-state index in [1.807, 2.05) is 0 Å². The maximum atomic E-state index is 12.1. The van der Waals surface area contributed by atoms with Gasteiger partial charge < -0.3 is 11.1 Å². The van der Waals surface area contributed by atoms with Gasteiger partial charge in [-0.05, 0) is 19.8 Å².